The van der Waals surface area contributed by atoms with Gasteiger partial charge in [-0.1, -0.05) is 52.5 Å². The molecule has 1 heterocycles. The average molecular weight is 226 g/mol. The maximum atomic E-state index is 4.30. The molecule has 0 bridgehead atoms. The summed E-state index contributed by atoms with van der Waals surface area (Å²) >= 11 is 1.56. The van der Waals surface area contributed by atoms with Crippen LogP contribution < -0.4 is 0 Å². The third-order valence-corrected chi connectivity index (χ3v) is 3.78. The van der Waals surface area contributed by atoms with Crippen LogP contribution in [0, 0.1) is 0 Å². The smallest absolute Gasteiger partial charge is 0.0846 e. The minimum atomic E-state index is 0.105. The summed E-state index contributed by atoms with van der Waals surface area (Å²) < 4.78 is 4.13. The van der Waals surface area contributed by atoms with E-state index in [1.807, 2.05) is 0 Å². The van der Waals surface area contributed by atoms with Crippen molar-refractivity contribution >= 4 is 11.5 Å². The Morgan fingerprint density at radius 3 is 2.20 bits per heavy atom. The fourth-order valence-electron chi connectivity index (χ4n) is 1.86. The molecule has 0 atom stereocenters. The molecule has 15 heavy (non-hydrogen) atoms. The number of hydrogen-bond acceptors (Lipinski definition) is 3. The first-order valence-electron chi connectivity index (χ1n) is 5.62. The monoisotopic (exact) mass is 226 g/mol. The van der Waals surface area contributed by atoms with Crippen molar-refractivity contribution < 1.29 is 0 Å². The third kappa shape index (κ3) is 2.77. The van der Waals surface area contributed by atoms with E-state index in [2.05, 4.69) is 51.1 Å². The van der Waals surface area contributed by atoms with E-state index in [1.165, 1.54) is 23.4 Å². The average Bonchev–Trinajstić information content (AvgIpc) is 2.49. The summed E-state index contributed by atoms with van der Waals surface area (Å²) in [5.74, 6) is 0. The summed E-state index contributed by atoms with van der Waals surface area (Å²) in [4.78, 5) is 1.36. The van der Waals surface area contributed by atoms with Gasteiger partial charge in [0.25, 0.3) is 0 Å². The fourth-order valence-corrected chi connectivity index (χ4v) is 2.85. The van der Waals surface area contributed by atoms with Gasteiger partial charge < -0.3 is 0 Å². The Morgan fingerprint density at radius 1 is 1.13 bits per heavy atom. The Kier molecular flexibility index (Phi) is 3.54. The molecular formula is C12H22N2S. The van der Waals surface area contributed by atoms with E-state index < -0.39 is 0 Å². The zero-order chi connectivity index (χ0) is 11.7. The first-order chi connectivity index (χ1) is 6.79. The number of hydrogen-bond donors (Lipinski definition) is 0. The molecule has 86 valence electrons. The Bertz CT molecular complexity index is 321. The predicted octanol–water partition coefficient (Wildman–Crippen LogP) is 3.91. The van der Waals surface area contributed by atoms with Crippen LogP contribution >= 0.6 is 11.5 Å². The highest BCUT2D eigenvalue weighted by Gasteiger charge is 2.31. The molecule has 2 nitrogen and oxygen atoms in total. The van der Waals surface area contributed by atoms with Gasteiger partial charge in [0.05, 0.1) is 10.6 Å². The molecule has 0 fully saturated rings. The summed E-state index contributed by atoms with van der Waals surface area (Å²) in [7, 11) is 0. The van der Waals surface area contributed by atoms with E-state index in [0.717, 1.165) is 0 Å². The second kappa shape index (κ2) is 4.20. The molecule has 3 heteroatoms. The van der Waals surface area contributed by atoms with Crippen LogP contribution in [-0.2, 0) is 10.8 Å². The molecule has 0 aliphatic heterocycles. The van der Waals surface area contributed by atoms with Gasteiger partial charge >= 0.3 is 0 Å². The lowest BCUT2D eigenvalue weighted by Crippen LogP contribution is -2.22. The van der Waals surface area contributed by atoms with E-state index >= 15 is 0 Å². The molecule has 1 aromatic heterocycles. The molecule has 1 aromatic rings. The standard InChI is InChI=1S/C12H22N2S/c1-7-8-12(5,6)10-9(11(2,3)4)13-14-15-10/h7-8H2,1-6H3. The van der Waals surface area contributed by atoms with Gasteiger partial charge in [-0.05, 0) is 18.0 Å². The lowest BCUT2D eigenvalue weighted by molar-refractivity contribution is 0.459. The van der Waals surface area contributed by atoms with Crippen LogP contribution in [0.1, 0.15) is 65.0 Å². The van der Waals surface area contributed by atoms with Crippen LogP contribution in [0.3, 0.4) is 0 Å². The largest absolute Gasteiger partial charge is 0.142 e. The summed E-state index contributed by atoms with van der Waals surface area (Å²) in [6, 6.07) is 0. The van der Waals surface area contributed by atoms with Gasteiger partial charge in [-0.2, -0.15) is 0 Å². The lowest BCUT2D eigenvalue weighted by atomic mass is 9.80. The minimum absolute atomic E-state index is 0.105. The Balaban J connectivity index is 3.10. The normalized spacial score (nSPS) is 13.2. The fraction of sp³-hybridized carbons (Fsp3) is 0.833. The van der Waals surface area contributed by atoms with Gasteiger partial charge in [0.15, 0.2) is 0 Å². The van der Waals surface area contributed by atoms with Crippen molar-refractivity contribution in [2.75, 3.05) is 0 Å². The van der Waals surface area contributed by atoms with Crippen molar-refractivity contribution in [1.82, 2.24) is 9.59 Å². The molecule has 0 aliphatic carbocycles. The highest BCUT2D eigenvalue weighted by atomic mass is 32.1. The quantitative estimate of drug-likeness (QED) is 0.781. The molecule has 0 spiro atoms. The highest BCUT2D eigenvalue weighted by Crippen LogP contribution is 2.37. The Hall–Kier alpha value is -0.440. The van der Waals surface area contributed by atoms with Crippen molar-refractivity contribution in [3.63, 3.8) is 0 Å². The van der Waals surface area contributed by atoms with Crippen molar-refractivity contribution in [2.45, 2.75) is 65.2 Å². The van der Waals surface area contributed by atoms with Gasteiger partial charge in [-0.3, -0.25) is 0 Å². The van der Waals surface area contributed by atoms with E-state index in [1.54, 1.807) is 11.5 Å². The van der Waals surface area contributed by atoms with Gasteiger partial charge in [-0.15, -0.1) is 5.10 Å². The number of aromatic nitrogens is 2. The van der Waals surface area contributed by atoms with Crippen molar-refractivity contribution in [3.8, 4) is 0 Å². The van der Waals surface area contributed by atoms with Crippen LogP contribution in [0.2, 0.25) is 0 Å². The maximum Gasteiger partial charge on any atom is 0.0846 e. The molecule has 0 saturated heterocycles. The Labute approximate surface area is 97.3 Å². The number of nitrogens with zero attached hydrogens (tertiary/aromatic N) is 2. The van der Waals surface area contributed by atoms with Gasteiger partial charge in [-0.25, -0.2) is 0 Å². The zero-order valence-electron chi connectivity index (χ0n) is 10.7. The summed E-state index contributed by atoms with van der Waals surface area (Å²) in [5, 5.41) is 4.30. The van der Waals surface area contributed by atoms with Crippen molar-refractivity contribution in [1.29, 1.82) is 0 Å². The summed E-state index contributed by atoms with van der Waals surface area (Å²) in [5.41, 5.74) is 1.49. The summed E-state index contributed by atoms with van der Waals surface area (Å²) in [6.07, 6.45) is 2.40. The van der Waals surface area contributed by atoms with Crippen LogP contribution in [0.25, 0.3) is 0 Å². The molecular weight excluding hydrogens is 204 g/mol. The molecule has 0 unspecified atom stereocenters. The second-order valence-corrected chi connectivity index (χ2v) is 6.59. The van der Waals surface area contributed by atoms with Crippen molar-refractivity contribution in [3.05, 3.63) is 10.6 Å². The topological polar surface area (TPSA) is 25.8 Å². The first kappa shape index (κ1) is 12.6. The maximum absolute atomic E-state index is 4.30. The lowest BCUT2D eigenvalue weighted by Gasteiger charge is -2.26. The molecule has 0 saturated carbocycles. The molecule has 0 amide bonds. The van der Waals surface area contributed by atoms with Crippen LogP contribution in [-0.4, -0.2) is 9.59 Å². The second-order valence-electron chi connectivity index (χ2n) is 5.83. The first-order valence-corrected chi connectivity index (χ1v) is 6.39. The van der Waals surface area contributed by atoms with Gasteiger partial charge in [0.2, 0.25) is 0 Å². The third-order valence-electron chi connectivity index (χ3n) is 2.69. The van der Waals surface area contributed by atoms with Crippen molar-refractivity contribution in [2.24, 2.45) is 0 Å². The molecule has 0 radical (unpaired) electrons. The highest BCUT2D eigenvalue weighted by molar-refractivity contribution is 7.05. The van der Waals surface area contributed by atoms with Gasteiger partial charge in [0.1, 0.15) is 0 Å². The van der Waals surface area contributed by atoms with Crippen LogP contribution in [0.15, 0.2) is 0 Å². The van der Waals surface area contributed by atoms with Crippen LogP contribution in [0.5, 0.6) is 0 Å². The zero-order valence-corrected chi connectivity index (χ0v) is 11.5. The molecule has 0 aliphatic rings. The Morgan fingerprint density at radius 2 is 1.73 bits per heavy atom. The van der Waals surface area contributed by atoms with E-state index in [9.17, 15) is 0 Å². The van der Waals surface area contributed by atoms with E-state index in [0.29, 0.717) is 0 Å². The van der Waals surface area contributed by atoms with E-state index in [4.69, 9.17) is 0 Å². The summed E-state index contributed by atoms with van der Waals surface area (Å²) in [6.45, 7) is 13.4. The van der Waals surface area contributed by atoms with E-state index in [-0.39, 0.29) is 10.8 Å². The van der Waals surface area contributed by atoms with Gasteiger partial charge in [0, 0.05) is 10.8 Å². The van der Waals surface area contributed by atoms with Crippen LogP contribution in [0.4, 0.5) is 0 Å². The minimum Gasteiger partial charge on any atom is -0.142 e. The molecule has 0 aromatic carbocycles. The number of rotatable bonds is 3. The SMILES string of the molecule is CCCC(C)(C)c1snnc1C(C)(C)C. The predicted molar refractivity (Wildman–Crippen MR) is 66.5 cm³/mol. The molecule has 1 rings (SSSR count). The molecule has 0 N–H and O–H groups in total.